The molecule has 3 aliphatic rings. The second-order valence-electron chi connectivity index (χ2n) is 9.25. The average molecular weight is 436 g/mol. The molecule has 0 N–H and O–H groups in total. The zero-order valence-corrected chi connectivity index (χ0v) is 19.6. The summed E-state index contributed by atoms with van der Waals surface area (Å²) in [7, 11) is 0. The Balaban J connectivity index is 1.68. The summed E-state index contributed by atoms with van der Waals surface area (Å²) in [4.78, 5) is 13.7. The first-order valence-corrected chi connectivity index (χ1v) is 11.7. The van der Waals surface area contributed by atoms with Crippen molar-refractivity contribution in [3.05, 3.63) is 83.1 Å². The van der Waals surface area contributed by atoms with Crippen LogP contribution in [0.25, 0.3) is 16.5 Å². The zero-order valence-electron chi connectivity index (χ0n) is 19.6. The number of rotatable bonds is 5. The Kier molecular flexibility index (Phi) is 5.46. The number of ketones is 1. The fourth-order valence-corrected chi connectivity index (χ4v) is 5.39. The second kappa shape index (κ2) is 8.45. The van der Waals surface area contributed by atoms with Gasteiger partial charge in [-0.1, -0.05) is 68.2 Å². The molecule has 0 amide bonds. The number of aromatic nitrogens is 1. The van der Waals surface area contributed by atoms with Crippen molar-refractivity contribution in [2.24, 2.45) is 11.8 Å². The molecule has 0 bridgehead atoms. The van der Waals surface area contributed by atoms with E-state index in [1.54, 1.807) is 0 Å². The second-order valence-corrected chi connectivity index (χ2v) is 9.25. The maximum atomic E-state index is 13.7. The van der Waals surface area contributed by atoms with Crippen LogP contribution in [0.1, 0.15) is 39.2 Å². The molecule has 2 aromatic rings. The Morgan fingerprint density at radius 3 is 2.94 bits per heavy atom. The summed E-state index contributed by atoms with van der Waals surface area (Å²) in [5, 5.41) is 1.12. The third-order valence-electron chi connectivity index (χ3n) is 7.05. The molecule has 0 saturated carbocycles. The lowest BCUT2D eigenvalue weighted by atomic mass is 9.80. The molecule has 5 rings (SSSR count). The Bertz CT molecular complexity index is 1360. The van der Waals surface area contributed by atoms with Crippen LogP contribution in [0.3, 0.4) is 0 Å². The number of nitrogens with zero attached hydrogens (tertiary/aromatic N) is 1. The molecular weight excluding hydrogens is 406 g/mol. The van der Waals surface area contributed by atoms with Crippen LogP contribution >= 0.6 is 0 Å². The van der Waals surface area contributed by atoms with Crippen molar-refractivity contribution < 1.29 is 9.53 Å². The first-order chi connectivity index (χ1) is 16.0. The molecule has 1 atom stereocenters. The lowest BCUT2D eigenvalue weighted by Crippen LogP contribution is -2.15. The van der Waals surface area contributed by atoms with Crippen molar-refractivity contribution in [3.63, 3.8) is 0 Å². The van der Waals surface area contributed by atoms with Gasteiger partial charge in [0.25, 0.3) is 0 Å². The molecule has 1 unspecified atom stereocenters. The summed E-state index contributed by atoms with van der Waals surface area (Å²) in [5.74, 6) is 7.95. The van der Waals surface area contributed by atoms with Crippen molar-refractivity contribution >= 4 is 22.3 Å². The molecule has 3 heteroatoms. The largest absolute Gasteiger partial charge is 0.490 e. The van der Waals surface area contributed by atoms with E-state index in [1.807, 2.05) is 37.3 Å². The van der Waals surface area contributed by atoms with Gasteiger partial charge in [-0.25, -0.2) is 0 Å². The zero-order chi connectivity index (χ0) is 23.1. The predicted molar refractivity (Wildman–Crippen MR) is 135 cm³/mol. The monoisotopic (exact) mass is 435 g/mol. The minimum Gasteiger partial charge on any atom is -0.490 e. The standard InChI is InChI=1S/C30H29NO2/c1-5-22-20(4)28(26-18-31-15-16-33-27-14-10-13-23(26)29(27)31)25(30(22)32)17-24(19(2)3)21-11-8-6-7-9-12-21/h5-6,8,10-11,13-14,18-19,24H,4,12,15-17H2,1-3H3/b22-5-. The quantitative estimate of drug-likeness (QED) is 0.401. The molecule has 1 aliphatic heterocycles. The highest BCUT2D eigenvalue weighted by Gasteiger charge is 2.36. The van der Waals surface area contributed by atoms with Crippen LogP contribution in [-0.2, 0) is 11.3 Å². The predicted octanol–water partition coefficient (Wildman–Crippen LogP) is 6.42. The Morgan fingerprint density at radius 1 is 1.30 bits per heavy atom. The summed E-state index contributed by atoms with van der Waals surface area (Å²) in [5.41, 5.74) is 6.91. The van der Waals surface area contributed by atoms with Gasteiger partial charge >= 0.3 is 0 Å². The van der Waals surface area contributed by atoms with Crippen LogP contribution in [0.5, 0.6) is 5.75 Å². The maximum Gasteiger partial charge on any atom is 0.189 e. The Labute approximate surface area is 195 Å². The molecule has 3 nitrogen and oxygen atoms in total. The van der Waals surface area contributed by atoms with Crippen molar-refractivity contribution in [1.82, 2.24) is 4.57 Å². The van der Waals surface area contributed by atoms with Gasteiger partial charge in [-0.2, -0.15) is 0 Å². The van der Waals surface area contributed by atoms with Gasteiger partial charge in [0.15, 0.2) is 5.78 Å². The summed E-state index contributed by atoms with van der Waals surface area (Å²) in [6.07, 6.45) is 11.6. The number of hydrogen-bond acceptors (Lipinski definition) is 2. The molecule has 0 spiro atoms. The van der Waals surface area contributed by atoms with Crippen molar-refractivity contribution in [2.45, 2.75) is 40.2 Å². The first-order valence-electron chi connectivity index (χ1n) is 11.7. The van der Waals surface area contributed by atoms with Gasteiger partial charge in [0.1, 0.15) is 12.4 Å². The summed E-state index contributed by atoms with van der Waals surface area (Å²) in [6.45, 7) is 12.2. The van der Waals surface area contributed by atoms with Gasteiger partial charge in [0.2, 0.25) is 0 Å². The van der Waals surface area contributed by atoms with Gasteiger partial charge in [-0.15, -0.1) is 0 Å². The van der Waals surface area contributed by atoms with Crippen molar-refractivity contribution in [1.29, 1.82) is 0 Å². The average Bonchev–Trinajstić information content (AvgIpc) is 3.12. The minimum absolute atomic E-state index is 0.113. The third kappa shape index (κ3) is 3.51. The van der Waals surface area contributed by atoms with Crippen LogP contribution in [-0.4, -0.2) is 17.0 Å². The number of Topliss-reactive ketones (excluding diaryl/α,β-unsaturated/α-hetero) is 1. The van der Waals surface area contributed by atoms with E-state index < -0.39 is 0 Å². The number of carbonyl (C=O) groups excluding carboxylic acids is 1. The highest BCUT2D eigenvalue weighted by atomic mass is 16.5. The molecule has 33 heavy (non-hydrogen) atoms. The Hall–Kier alpha value is -3.51. The maximum absolute atomic E-state index is 13.7. The van der Waals surface area contributed by atoms with Gasteiger partial charge < -0.3 is 9.30 Å². The summed E-state index contributed by atoms with van der Waals surface area (Å²) < 4.78 is 8.17. The normalized spacial score (nSPS) is 19.6. The van der Waals surface area contributed by atoms with E-state index in [1.165, 1.54) is 5.57 Å². The van der Waals surface area contributed by atoms with E-state index in [2.05, 4.69) is 55.2 Å². The van der Waals surface area contributed by atoms with E-state index in [0.717, 1.165) is 57.5 Å². The molecule has 2 aliphatic carbocycles. The topological polar surface area (TPSA) is 31.2 Å². The highest BCUT2D eigenvalue weighted by molar-refractivity contribution is 6.26. The van der Waals surface area contributed by atoms with Crippen LogP contribution < -0.4 is 4.74 Å². The van der Waals surface area contributed by atoms with Gasteiger partial charge in [0, 0.05) is 34.7 Å². The molecule has 2 heterocycles. The van der Waals surface area contributed by atoms with Crippen LogP contribution in [0.15, 0.2) is 77.6 Å². The molecule has 1 aromatic carbocycles. The lowest BCUT2D eigenvalue weighted by molar-refractivity contribution is -0.111. The fourth-order valence-electron chi connectivity index (χ4n) is 5.39. The Morgan fingerprint density at radius 2 is 2.15 bits per heavy atom. The third-order valence-corrected chi connectivity index (χ3v) is 7.05. The number of para-hydroxylation sites is 1. The van der Waals surface area contributed by atoms with Crippen molar-refractivity contribution in [2.75, 3.05) is 6.61 Å². The van der Waals surface area contributed by atoms with Crippen molar-refractivity contribution in [3.8, 4) is 17.6 Å². The smallest absolute Gasteiger partial charge is 0.189 e. The number of ether oxygens (including phenoxy) is 1. The number of hydrogen-bond donors (Lipinski definition) is 0. The van der Waals surface area contributed by atoms with Gasteiger partial charge in [0.05, 0.1) is 12.1 Å². The fraction of sp³-hybridized carbons (Fsp3) is 0.300. The molecule has 0 radical (unpaired) electrons. The molecule has 0 fully saturated rings. The number of benzene rings is 1. The summed E-state index contributed by atoms with van der Waals surface area (Å²) in [6, 6.07) is 6.18. The number of allylic oxidation sites excluding steroid dienone is 9. The summed E-state index contributed by atoms with van der Waals surface area (Å²) >= 11 is 0. The number of carbonyl (C=O) groups is 1. The first kappa shape index (κ1) is 21.3. The van der Waals surface area contributed by atoms with E-state index in [9.17, 15) is 4.79 Å². The lowest BCUT2D eigenvalue weighted by Gasteiger charge is -2.24. The van der Waals surface area contributed by atoms with Gasteiger partial charge in [-0.05, 0) is 48.5 Å². The highest BCUT2D eigenvalue weighted by Crippen LogP contribution is 2.47. The molecule has 166 valence electrons. The van der Waals surface area contributed by atoms with E-state index in [-0.39, 0.29) is 11.7 Å². The molecule has 1 aromatic heterocycles. The van der Waals surface area contributed by atoms with E-state index in [4.69, 9.17) is 4.74 Å². The molecular formula is C30H29NO2. The minimum atomic E-state index is 0.113. The van der Waals surface area contributed by atoms with Crippen LogP contribution in [0.2, 0.25) is 0 Å². The SMILES string of the molecule is C=C1C(c2cn3c4c(cccc24)OCC3)=C(CC(C2=CC=CC#CC2)C(C)C)C(=O)/C1=C\C. The van der Waals surface area contributed by atoms with E-state index >= 15 is 0 Å². The molecule has 0 saturated heterocycles. The van der Waals surface area contributed by atoms with Gasteiger partial charge in [-0.3, -0.25) is 4.79 Å². The van der Waals surface area contributed by atoms with Crippen LogP contribution in [0.4, 0.5) is 0 Å². The van der Waals surface area contributed by atoms with Crippen LogP contribution in [0, 0.1) is 23.7 Å². The van der Waals surface area contributed by atoms with E-state index in [0.29, 0.717) is 18.9 Å².